The third-order valence-corrected chi connectivity index (χ3v) is 13.1. The van der Waals surface area contributed by atoms with Gasteiger partial charge in [0, 0.05) is 23.9 Å². The minimum Gasteiger partial charge on any atom is -0.462 e. The molecule has 7 heteroatoms. The van der Waals surface area contributed by atoms with Gasteiger partial charge in [0.1, 0.15) is 11.9 Å². The summed E-state index contributed by atoms with van der Waals surface area (Å²) < 4.78 is 26.8. The minimum absolute atomic E-state index is 0.179. The molecular weight excluding hydrogens is 677 g/mol. The average Bonchev–Trinajstić information content (AvgIpc) is 3.16. The predicted octanol–water partition coefficient (Wildman–Crippen LogP) is 10.9. The summed E-state index contributed by atoms with van der Waals surface area (Å²) in [5.41, 5.74) is 1.41. The van der Waals surface area contributed by atoms with E-state index in [4.69, 9.17) is 9.26 Å². The number of hydrogen-bond donors (Lipinski definition) is 0. The van der Waals surface area contributed by atoms with Gasteiger partial charge in [-0.2, -0.15) is 0 Å². The van der Waals surface area contributed by atoms with Gasteiger partial charge in [-0.15, -0.1) is 10.3 Å². The molecule has 1 aliphatic heterocycles. The molecule has 6 nitrogen and oxygen atoms in total. The molecule has 0 spiro atoms. The molecule has 1 aliphatic rings. The molecule has 3 atom stereocenters. The van der Waals surface area contributed by atoms with E-state index in [1.807, 2.05) is 107 Å². The lowest BCUT2D eigenvalue weighted by atomic mass is 9.80. The zero-order valence-corrected chi connectivity index (χ0v) is 33.2. The van der Waals surface area contributed by atoms with Crippen LogP contribution in [0.1, 0.15) is 109 Å². The van der Waals surface area contributed by atoms with Crippen molar-refractivity contribution in [2.45, 2.75) is 116 Å². The summed E-state index contributed by atoms with van der Waals surface area (Å²) in [4.78, 5) is 13.0. The van der Waals surface area contributed by atoms with Crippen LogP contribution in [0.15, 0.2) is 127 Å². The van der Waals surface area contributed by atoms with Crippen molar-refractivity contribution in [3.63, 3.8) is 0 Å². The fourth-order valence-corrected chi connectivity index (χ4v) is 9.86. The number of benzene rings is 4. The number of hydroxylamine groups is 2. The van der Waals surface area contributed by atoms with E-state index in [-0.39, 0.29) is 18.0 Å². The lowest BCUT2D eigenvalue weighted by Gasteiger charge is -2.49. The summed E-state index contributed by atoms with van der Waals surface area (Å²) in [6, 6.07) is 37.7. The standard InChI is InChI=1S/C46H57NO5P/c1-7-36(38-28-30-40(31-29-38)52-53(50,42-24-16-10-17-25-42)43-26-18-11-19-27-43)32-39(37-21-13-9-14-22-37)23-15-8-12-20-35(2)44(48)51-41-33-45(3,4)47(49)46(5,6)34-41/h8-11,13-19,21-22,24-31,35-36,39,41H,7,12,20,23,32-34H2,1-6H3/b15-8+. The van der Waals surface area contributed by atoms with E-state index in [0.29, 0.717) is 47.5 Å². The van der Waals surface area contributed by atoms with E-state index in [1.165, 1.54) is 11.1 Å². The maximum Gasteiger partial charge on any atom is 0.308 e. The molecule has 0 amide bonds. The normalized spacial score (nSPS) is 17.9. The lowest BCUT2D eigenvalue weighted by Crippen LogP contribution is -2.60. The van der Waals surface area contributed by atoms with Gasteiger partial charge in [0.15, 0.2) is 0 Å². The van der Waals surface area contributed by atoms with Crippen LogP contribution in [-0.2, 0) is 19.3 Å². The molecule has 4 aromatic carbocycles. The summed E-state index contributed by atoms with van der Waals surface area (Å²) in [5, 5.41) is 15.2. The second-order valence-electron chi connectivity index (χ2n) is 15.9. The molecule has 0 aromatic heterocycles. The molecule has 0 bridgehead atoms. The van der Waals surface area contributed by atoms with Crippen LogP contribution in [0.4, 0.5) is 0 Å². The van der Waals surface area contributed by atoms with Gasteiger partial charge in [-0.1, -0.05) is 105 Å². The molecule has 4 aromatic rings. The van der Waals surface area contributed by atoms with Gasteiger partial charge in [0.2, 0.25) is 0 Å². The molecule has 5 rings (SSSR count). The maximum absolute atomic E-state index is 14.5. The average molecular weight is 735 g/mol. The first-order valence-corrected chi connectivity index (χ1v) is 20.8. The first kappa shape index (κ1) is 40.2. The van der Waals surface area contributed by atoms with Crippen LogP contribution < -0.4 is 15.1 Å². The fraction of sp³-hybridized carbons (Fsp3) is 0.413. The van der Waals surface area contributed by atoms with E-state index in [2.05, 4.69) is 61.5 Å². The van der Waals surface area contributed by atoms with Gasteiger partial charge < -0.3 is 9.26 Å². The van der Waals surface area contributed by atoms with Crippen molar-refractivity contribution in [3.8, 4) is 5.75 Å². The molecule has 1 saturated heterocycles. The van der Waals surface area contributed by atoms with Crippen LogP contribution in [0.3, 0.4) is 0 Å². The van der Waals surface area contributed by atoms with Gasteiger partial charge in [-0.25, -0.2) is 0 Å². The third-order valence-electron chi connectivity index (χ3n) is 10.7. The molecule has 0 saturated carbocycles. The smallest absolute Gasteiger partial charge is 0.308 e. The van der Waals surface area contributed by atoms with E-state index < -0.39 is 18.4 Å². The van der Waals surface area contributed by atoms with Crippen molar-refractivity contribution >= 4 is 23.9 Å². The van der Waals surface area contributed by atoms with Crippen molar-refractivity contribution in [3.05, 3.63) is 139 Å². The Hall–Kier alpha value is -3.96. The molecule has 281 valence electrons. The first-order chi connectivity index (χ1) is 25.3. The van der Waals surface area contributed by atoms with Crippen LogP contribution in [-0.4, -0.2) is 28.2 Å². The number of nitrogens with zero attached hydrogens (tertiary/aromatic N) is 1. The summed E-state index contributed by atoms with van der Waals surface area (Å²) in [6.07, 6.45) is 9.68. The number of ether oxygens (including phenoxy) is 1. The molecule has 1 heterocycles. The Morgan fingerprint density at radius 3 is 1.81 bits per heavy atom. The van der Waals surface area contributed by atoms with Crippen LogP contribution in [0.5, 0.6) is 5.75 Å². The Bertz CT molecular complexity index is 1750. The highest BCUT2D eigenvalue weighted by atomic mass is 31.2. The number of allylic oxidation sites excluding steroid dienone is 2. The Morgan fingerprint density at radius 1 is 0.774 bits per heavy atom. The molecule has 1 radical (unpaired) electrons. The molecule has 0 N–H and O–H groups in total. The molecule has 0 aliphatic carbocycles. The Balaban J connectivity index is 1.20. The Kier molecular flexibility index (Phi) is 13.6. The maximum atomic E-state index is 14.5. The van der Waals surface area contributed by atoms with Crippen LogP contribution in [0.25, 0.3) is 0 Å². The third kappa shape index (κ3) is 10.4. The van der Waals surface area contributed by atoms with Crippen LogP contribution in [0.2, 0.25) is 0 Å². The van der Waals surface area contributed by atoms with E-state index >= 15 is 0 Å². The number of hydrogen-bond acceptors (Lipinski definition) is 5. The molecule has 1 fully saturated rings. The number of esters is 1. The van der Waals surface area contributed by atoms with Crippen molar-refractivity contribution in [2.75, 3.05) is 0 Å². The monoisotopic (exact) mass is 734 g/mol. The number of carbonyl (C=O) groups is 1. The highest BCUT2D eigenvalue weighted by Gasteiger charge is 2.47. The van der Waals surface area contributed by atoms with Crippen molar-refractivity contribution in [2.24, 2.45) is 5.92 Å². The van der Waals surface area contributed by atoms with Gasteiger partial charge in [0.05, 0.1) is 16.5 Å². The van der Waals surface area contributed by atoms with Crippen LogP contribution >= 0.6 is 7.37 Å². The molecule has 53 heavy (non-hydrogen) atoms. The van der Waals surface area contributed by atoms with E-state index in [1.54, 1.807) is 0 Å². The largest absolute Gasteiger partial charge is 0.462 e. The Morgan fingerprint density at radius 2 is 1.28 bits per heavy atom. The lowest BCUT2D eigenvalue weighted by molar-refractivity contribution is -0.299. The Labute approximate surface area is 317 Å². The quantitative estimate of drug-likeness (QED) is 0.0651. The van der Waals surface area contributed by atoms with Gasteiger partial charge in [-0.3, -0.25) is 9.36 Å². The van der Waals surface area contributed by atoms with Crippen molar-refractivity contribution in [1.29, 1.82) is 0 Å². The highest BCUT2D eigenvalue weighted by molar-refractivity contribution is 7.74. The zero-order valence-electron chi connectivity index (χ0n) is 32.3. The summed E-state index contributed by atoms with van der Waals surface area (Å²) in [7, 11) is -3.35. The van der Waals surface area contributed by atoms with Crippen molar-refractivity contribution < 1.29 is 23.8 Å². The number of carbonyl (C=O) groups excluding carboxylic acids is 1. The zero-order chi connectivity index (χ0) is 38.1. The van der Waals surface area contributed by atoms with Gasteiger partial charge in [0.25, 0.3) is 0 Å². The second-order valence-corrected chi connectivity index (χ2v) is 18.2. The number of rotatable bonds is 16. The van der Waals surface area contributed by atoms with Crippen LogP contribution in [0, 0.1) is 5.92 Å². The summed E-state index contributed by atoms with van der Waals surface area (Å²) in [5.74, 6) is 0.843. The highest BCUT2D eigenvalue weighted by Crippen LogP contribution is 2.46. The van der Waals surface area contributed by atoms with Gasteiger partial charge >= 0.3 is 13.3 Å². The van der Waals surface area contributed by atoms with E-state index in [0.717, 1.165) is 30.7 Å². The first-order valence-electron chi connectivity index (χ1n) is 19.2. The summed E-state index contributed by atoms with van der Waals surface area (Å²) >= 11 is 0. The van der Waals surface area contributed by atoms with Crippen molar-refractivity contribution in [1.82, 2.24) is 5.06 Å². The SMILES string of the molecule is CCC(CC(C/C=C/CCC(C)C(=O)OC1CC(C)(C)N([O])C(C)(C)C1)c1ccccc1)c1ccc(OP(=O)(c2ccccc2)c2ccccc2)cc1. The predicted molar refractivity (Wildman–Crippen MR) is 216 cm³/mol. The molecular formula is C46H57NO5P. The second kappa shape index (κ2) is 17.9. The van der Waals surface area contributed by atoms with E-state index in [9.17, 15) is 14.6 Å². The van der Waals surface area contributed by atoms with Gasteiger partial charge in [-0.05, 0) is 119 Å². The molecule has 3 unspecified atom stereocenters. The minimum atomic E-state index is -3.35. The topological polar surface area (TPSA) is 75.7 Å². The summed E-state index contributed by atoms with van der Waals surface area (Å²) in [6.45, 7) is 11.9. The number of piperidine rings is 1. The fourth-order valence-electron chi connectivity index (χ4n) is 7.81.